The first kappa shape index (κ1) is 22.3. The molecule has 0 bridgehead atoms. The van der Waals surface area contributed by atoms with Crippen LogP contribution in [0.4, 0.5) is 4.79 Å². The lowest BCUT2D eigenvalue weighted by Crippen LogP contribution is -2.42. The second-order valence-electron chi connectivity index (χ2n) is 7.90. The van der Waals surface area contributed by atoms with E-state index < -0.39 is 24.5 Å². The normalized spacial score (nSPS) is 11.3. The van der Waals surface area contributed by atoms with Crippen molar-refractivity contribution < 1.29 is 19.1 Å². The molecule has 2 rings (SSSR count). The van der Waals surface area contributed by atoms with Gasteiger partial charge in [0.15, 0.2) is 12.3 Å². The van der Waals surface area contributed by atoms with E-state index in [0.717, 1.165) is 5.69 Å². The Morgan fingerprint density at radius 2 is 1.83 bits per heavy atom. The van der Waals surface area contributed by atoms with Crippen LogP contribution in [0.25, 0.3) is 11.0 Å². The third-order valence-electron chi connectivity index (χ3n) is 4.15. The van der Waals surface area contributed by atoms with Gasteiger partial charge in [0.05, 0.1) is 17.1 Å². The second kappa shape index (κ2) is 9.49. The lowest BCUT2D eigenvalue weighted by Gasteiger charge is -2.12. The van der Waals surface area contributed by atoms with E-state index in [9.17, 15) is 14.4 Å². The molecule has 0 saturated heterocycles. The molecule has 0 atom stereocenters. The number of nitrogens with one attached hydrogen (secondary N) is 2. The van der Waals surface area contributed by atoms with Crippen molar-refractivity contribution in [3.63, 3.8) is 0 Å². The molecule has 2 aromatic heterocycles. The number of urea groups is 1. The molecule has 0 aliphatic heterocycles. The largest absolute Gasteiger partial charge is 0.452 e. The monoisotopic (exact) mass is 403 g/mol. The number of aromatic nitrogens is 3. The van der Waals surface area contributed by atoms with Crippen LogP contribution in [0.1, 0.15) is 69.6 Å². The van der Waals surface area contributed by atoms with E-state index in [0.29, 0.717) is 23.1 Å². The van der Waals surface area contributed by atoms with Crippen LogP contribution in [0.5, 0.6) is 0 Å². The van der Waals surface area contributed by atoms with Crippen LogP contribution in [0, 0.1) is 5.92 Å². The fourth-order valence-electron chi connectivity index (χ4n) is 2.59. The first-order chi connectivity index (χ1) is 13.6. The molecule has 9 heteroatoms. The Balaban J connectivity index is 2.14. The fraction of sp³-hybridized carbons (Fsp3) is 0.550. The van der Waals surface area contributed by atoms with E-state index in [2.05, 4.69) is 20.7 Å². The first-order valence-corrected chi connectivity index (χ1v) is 9.73. The number of ether oxygens (including phenoxy) is 1. The summed E-state index contributed by atoms with van der Waals surface area (Å²) in [5, 5.41) is 9.57. The standard InChI is InChI=1S/C20H29N5O4/c1-11(2)8-21-20(28)24-17(26)10-29-19(27)14-7-16(12(3)4)23-18-15(14)9-22-25(18)13(5)6/h7,9,11-13H,8,10H2,1-6H3,(H2,21,24,26,28). The lowest BCUT2D eigenvalue weighted by molar-refractivity contribution is -0.123. The molecule has 158 valence electrons. The minimum Gasteiger partial charge on any atom is -0.452 e. The van der Waals surface area contributed by atoms with E-state index in [1.165, 1.54) is 0 Å². The number of amides is 3. The minimum absolute atomic E-state index is 0.0708. The molecule has 3 amide bonds. The average molecular weight is 403 g/mol. The molecule has 0 aliphatic rings. The van der Waals surface area contributed by atoms with Gasteiger partial charge in [-0.3, -0.25) is 10.1 Å². The van der Waals surface area contributed by atoms with Crippen LogP contribution < -0.4 is 10.6 Å². The highest BCUT2D eigenvalue weighted by Gasteiger charge is 2.21. The number of imide groups is 1. The Morgan fingerprint density at radius 1 is 1.14 bits per heavy atom. The number of pyridine rings is 1. The molecule has 9 nitrogen and oxygen atoms in total. The van der Waals surface area contributed by atoms with Crippen molar-refractivity contribution in [3.8, 4) is 0 Å². The number of carbonyl (C=O) groups is 3. The zero-order valence-electron chi connectivity index (χ0n) is 17.8. The summed E-state index contributed by atoms with van der Waals surface area (Å²) < 4.78 is 6.87. The van der Waals surface area contributed by atoms with E-state index >= 15 is 0 Å². The molecule has 2 aromatic rings. The summed E-state index contributed by atoms with van der Waals surface area (Å²) in [5.41, 5.74) is 1.61. The molecule has 2 heterocycles. The van der Waals surface area contributed by atoms with Gasteiger partial charge < -0.3 is 10.1 Å². The van der Waals surface area contributed by atoms with Crippen molar-refractivity contribution in [1.82, 2.24) is 25.4 Å². The van der Waals surface area contributed by atoms with Crippen LogP contribution >= 0.6 is 0 Å². The number of hydrogen-bond acceptors (Lipinski definition) is 6. The summed E-state index contributed by atoms with van der Waals surface area (Å²) in [6.07, 6.45) is 1.57. The zero-order valence-corrected chi connectivity index (χ0v) is 17.8. The first-order valence-electron chi connectivity index (χ1n) is 9.73. The molecule has 0 aliphatic carbocycles. The molecule has 0 spiro atoms. The van der Waals surface area contributed by atoms with Gasteiger partial charge in [0.1, 0.15) is 0 Å². The van der Waals surface area contributed by atoms with Gasteiger partial charge in [0.2, 0.25) is 0 Å². The van der Waals surface area contributed by atoms with E-state index in [-0.39, 0.29) is 17.9 Å². The number of esters is 1. The molecule has 0 radical (unpaired) electrons. The van der Waals surface area contributed by atoms with E-state index in [4.69, 9.17) is 4.74 Å². The highest BCUT2D eigenvalue weighted by molar-refractivity contribution is 6.04. The highest BCUT2D eigenvalue weighted by Crippen LogP contribution is 2.24. The Bertz CT molecular complexity index is 902. The minimum atomic E-state index is -0.702. The SMILES string of the molecule is CC(C)CNC(=O)NC(=O)COC(=O)c1cc(C(C)C)nc2c1cnn2C(C)C. The maximum atomic E-state index is 12.7. The number of fused-ring (bicyclic) bond motifs is 1. The predicted octanol–water partition coefficient (Wildman–Crippen LogP) is 2.77. The zero-order chi connectivity index (χ0) is 21.7. The fourth-order valence-corrected chi connectivity index (χ4v) is 2.59. The van der Waals surface area contributed by atoms with Gasteiger partial charge in [-0.2, -0.15) is 5.10 Å². The van der Waals surface area contributed by atoms with Gasteiger partial charge in [-0.15, -0.1) is 0 Å². The highest BCUT2D eigenvalue weighted by atomic mass is 16.5. The summed E-state index contributed by atoms with van der Waals surface area (Å²) in [5.74, 6) is -1.02. The molecule has 0 saturated carbocycles. The molecule has 0 fully saturated rings. The third kappa shape index (κ3) is 5.75. The van der Waals surface area contributed by atoms with Gasteiger partial charge in [-0.1, -0.05) is 27.7 Å². The maximum absolute atomic E-state index is 12.7. The van der Waals surface area contributed by atoms with Crippen molar-refractivity contribution >= 4 is 28.9 Å². The molecule has 0 unspecified atom stereocenters. The van der Waals surface area contributed by atoms with Crippen molar-refractivity contribution in [2.45, 2.75) is 53.5 Å². The molecular formula is C20H29N5O4. The topological polar surface area (TPSA) is 115 Å². The summed E-state index contributed by atoms with van der Waals surface area (Å²) in [4.78, 5) is 40.8. The number of hydrogen-bond donors (Lipinski definition) is 2. The third-order valence-corrected chi connectivity index (χ3v) is 4.15. The van der Waals surface area contributed by atoms with Crippen molar-refractivity contribution in [1.29, 1.82) is 0 Å². The maximum Gasteiger partial charge on any atom is 0.339 e. The second-order valence-corrected chi connectivity index (χ2v) is 7.90. The molecule has 2 N–H and O–H groups in total. The van der Waals surface area contributed by atoms with Gasteiger partial charge in [-0.25, -0.2) is 19.3 Å². The summed E-state index contributed by atoms with van der Waals surface area (Å²) in [6, 6.07) is 1.11. The summed E-state index contributed by atoms with van der Waals surface area (Å²) in [6.45, 7) is 11.6. The number of nitrogens with zero attached hydrogens (tertiary/aromatic N) is 3. The van der Waals surface area contributed by atoms with Crippen molar-refractivity contribution in [3.05, 3.63) is 23.5 Å². The van der Waals surface area contributed by atoms with E-state index in [1.807, 2.05) is 41.5 Å². The van der Waals surface area contributed by atoms with Crippen molar-refractivity contribution in [2.24, 2.45) is 5.92 Å². The Kier molecular flexibility index (Phi) is 7.30. The van der Waals surface area contributed by atoms with E-state index in [1.54, 1.807) is 16.9 Å². The molecular weight excluding hydrogens is 374 g/mol. The number of carbonyl (C=O) groups excluding carboxylic acids is 3. The van der Waals surface area contributed by atoms with Crippen LogP contribution in [-0.2, 0) is 9.53 Å². The van der Waals surface area contributed by atoms with Gasteiger partial charge in [0.25, 0.3) is 5.91 Å². The number of rotatable bonds is 7. The smallest absolute Gasteiger partial charge is 0.339 e. The van der Waals surface area contributed by atoms with Crippen molar-refractivity contribution in [2.75, 3.05) is 13.2 Å². The Labute approximate surface area is 170 Å². The van der Waals surface area contributed by atoms with Crippen LogP contribution in [0.15, 0.2) is 12.3 Å². The molecule has 29 heavy (non-hydrogen) atoms. The molecule has 0 aromatic carbocycles. The predicted molar refractivity (Wildman–Crippen MR) is 109 cm³/mol. The van der Waals surface area contributed by atoms with Gasteiger partial charge in [0, 0.05) is 18.3 Å². The Hall–Kier alpha value is -2.97. The quantitative estimate of drug-likeness (QED) is 0.687. The Morgan fingerprint density at radius 3 is 2.41 bits per heavy atom. The van der Waals surface area contributed by atoms with Crippen LogP contribution in [-0.4, -0.2) is 45.8 Å². The van der Waals surface area contributed by atoms with Crippen LogP contribution in [0.3, 0.4) is 0 Å². The van der Waals surface area contributed by atoms with Gasteiger partial charge >= 0.3 is 12.0 Å². The lowest BCUT2D eigenvalue weighted by atomic mass is 10.1. The summed E-state index contributed by atoms with van der Waals surface area (Å²) >= 11 is 0. The van der Waals surface area contributed by atoms with Crippen LogP contribution in [0.2, 0.25) is 0 Å². The average Bonchev–Trinajstić information content (AvgIpc) is 3.07. The van der Waals surface area contributed by atoms with Gasteiger partial charge in [-0.05, 0) is 31.7 Å². The summed E-state index contributed by atoms with van der Waals surface area (Å²) in [7, 11) is 0.